The fraction of sp³-hybridized carbons (Fsp3) is 0.143. The number of nitrogens with zero attached hydrogens (tertiary/aromatic N) is 1. The van der Waals surface area contributed by atoms with Gasteiger partial charge in [0.1, 0.15) is 0 Å². The van der Waals surface area contributed by atoms with Gasteiger partial charge in [0, 0.05) is 19.8 Å². The van der Waals surface area contributed by atoms with Crippen molar-refractivity contribution in [1.29, 1.82) is 0 Å². The first-order chi connectivity index (χ1) is 14.2. The van der Waals surface area contributed by atoms with Gasteiger partial charge in [-0.3, -0.25) is 0 Å². The van der Waals surface area contributed by atoms with Crippen molar-refractivity contribution in [2.45, 2.75) is 12.8 Å². The maximum Gasteiger partial charge on any atom is 0.0361 e. The van der Waals surface area contributed by atoms with Gasteiger partial charge in [0.15, 0.2) is 0 Å². The first-order valence-corrected chi connectivity index (χ1v) is 10.1. The van der Waals surface area contributed by atoms with Crippen molar-refractivity contribution >= 4 is 5.69 Å². The molecule has 146 valence electrons. The van der Waals surface area contributed by atoms with Crippen molar-refractivity contribution in [1.82, 2.24) is 0 Å². The third-order valence-corrected chi connectivity index (χ3v) is 4.80. The molecule has 0 bridgehead atoms. The highest BCUT2D eigenvalue weighted by Gasteiger charge is 1.97. The highest BCUT2D eigenvalue weighted by molar-refractivity contribution is 5.46. The maximum absolute atomic E-state index is 2.20. The number of rotatable bonds is 5. The van der Waals surface area contributed by atoms with Crippen molar-refractivity contribution < 1.29 is 0 Å². The van der Waals surface area contributed by atoms with E-state index in [1.807, 2.05) is 0 Å². The lowest BCUT2D eigenvalue weighted by atomic mass is 10.0. The fourth-order valence-corrected chi connectivity index (χ4v) is 3.17. The molecule has 0 spiro atoms. The van der Waals surface area contributed by atoms with Crippen LogP contribution in [-0.2, 0) is 12.8 Å². The van der Waals surface area contributed by atoms with Gasteiger partial charge in [0.05, 0.1) is 0 Å². The topological polar surface area (TPSA) is 3.24 Å². The maximum atomic E-state index is 2.20. The zero-order valence-electron chi connectivity index (χ0n) is 17.3. The second-order valence-corrected chi connectivity index (χ2v) is 7.37. The molecule has 29 heavy (non-hydrogen) atoms. The summed E-state index contributed by atoms with van der Waals surface area (Å²) in [5.41, 5.74) is 6.70. The lowest BCUT2D eigenvalue weighted by Gasteiger charge is -2.12. The van der Waals surface area contributed by atoms with E-state index in [0.29, 0.717) is 0 Å². The van der Waals surface area contributed by atoms with Crippen LogP contribution in [0, 0.1) is 0 Å². The van der Waals surface area contributed by atoms with Gasteiger partial charge < -0.3 is 4.90 Å². The third kappa shape index (κ3) is 6.97. The van der Waals surface area contributed by atoms with Crippen LogP contribution in [0.5, 0.6) is 0 Å². The predicted octanol–water partition coefficient (Wildman–Crippen LogP) is 6.62. The summed E-state index contributed by atoms with van der Waals surface area (Å²) in [7, 11) is 4.12. The van der Waals surface area contributed by atoms with Crippen LogP contribution in [-0.4, -0.2) is 14.1 Å². The molecular weight excluding hydrogens is 350 g/mol. The summed E-state index contributed by atoms with van der Waals surface area (Å²) in [6, 6.07) is 40.3. The summed E-state index contributed by atoms with van der Waals surface area (Å²) < 4.78 is 0. The first kappa shape index (κ1) is 20.4. The fourth-order valence-electron chi connectivity index (χ4n) is 3.17. The summed E-state index contributed by atoms with van der Waals surface area (Å²) >= 11 is 0. The minimum Gasteiger partial charge on any atom is -0.378 e. The van der Waals surface area contributed by atoms with Crippen LogP contribution in [0.15, 0.2) is 115 Å². The molecule has 0 aliphatic heterocycles. The minimum absolute atomic E-state index is 1.01. The van der Waals surface area contributed by atoms with Gasteiger partial charge in [-0.15, -0.1) is 0 Å². The van der Waals surface area contributed by atoms with Gasteiger partial charge in [-0.25, -0.2) is 0 Å². The average Bonchev–Trinajstić information content (AvgIpc) is 2.77. The third-order valence-electron chi connectivity index (χ3n) is 4.80. The smallest absolute Gasteiger partial charge is 0.0361 e. The van der Waals surface area contributed by atoms with Crippen molar-refractivity contribution in [2.75, 3.05) is 19.0 Å². The molecule has 0 aromatic heterocycles. The van der Waals surface area contributed by atoms with Crippen LogP contribution >= 0.6 is 0 Å². The predicted molar refractivity (Wildman–Crippen MR) is 126 cm³/mol. The summed E-state index contributed by atoms with van der Waals surface area (Å²) in [4.78, 5) is 2.12. The Morgan fingerprint density at radius 1 is 0.414 bits per heavy atom. The van der Waals surface area contributed by atoms with Crippen LogP contribution in [0.1, 0.15) is 22.3 Å². The molecule has 1 nitrogen and oxygen atoms in total. The SMILES string of the molecule is CN(C)c1ccc(Cc2ccccc2)cc1.c1ccc(Cc2ccccc2)cc1. The Labute approximate surface area is 175 Å². The van der Waals surface area contributed by atoms with E-state index in [1.165, 1.54) is 27.9 Å². The molecule has 4 aromatic rings. The molecule has 0 heterocycles. The Morgan fingerprint density at radius 2 is 0.724 bits per heavy atom. The minimum atomic E-state index is 1.01. The normalized spacial score (nSPS) is 10.0. The highest BCUT2D eigenvalue weighted by Crippen LogP contribution is 2.15. The molecule has 0 radical (unpaired) electrons. The molecule has 0 atom stereocenters. The summed E-state index contributed by atoms with van der Waals surface area (Å²) in [5, 5.41) is 0. The lowest BCUT2D eigenvalue weighted by Crippen LogP contribution is -2.08. The second kappa shape index (κ2) is 10.9. The molecule has 0 N–H and O–H groups in total. The van der Waals surface area contributed by atoms with E-state index in [2.05, 4.69) is 134 Å². The first-order valence-electron chi connectivity index (χ1n) is 10.1. The molecule has 0 saturated carbocycles. The highest BCUT2D eigenvalue weighted by atomic mass is 15.1. The van der Waals surface area contributed by atoms with E-state index in [1.54, 1.807) is 0 Å². The second-order valence-electron chi connectivity index (χ2n) is 7.37. The number of hydrogen-bond acceptors (Lipinski definition) is 1. The zero-order valence-corrected chi connectivity index (χ0v) is 17.3. The quantitative estimate of drug-likeness (QED) is 0.376. The van der Waals surface area contributed by atoms with Crippen molar-refractivity contribution in [3.63, 3.8) is 0 Å². The van der Waals surface area contributed by atoms with E-state index in [9.17, 15) is 0 Å². The lowest BCUT2D eigenvalue weighted by molar-refractivity contribution is 1.12. The van der Waals surface area contributed by atoms with Crippen molar-refractivity contribution in [3.05, 3.63) is 138 Å². The number of benzene rings is 4. The molecule has 4 aromatic carbocycles. The van der Waals surface area contributed by atoms with Gasteiger partial charge in [-0.2, -0.15) is 0 Å². The Kier molecular flexibility index (Phi) is 7.65. The van der Waals surface area contributed by atoms with Gasteiger partial charge in [0.2, 0.25) is 0 Å². The molecule has 0 aliphatic rings. The van der Waals surface area contributed by atoms with Crippen LogP contribution in [0.25, 0.3) is 0 Å². The Balaban J connectivity index is 0.000000169. The van der Waals surface area contributed by atoms with Crippen LogP contribution in [0.3, 0.4) is 0 Å². The van der Waals surface area contributed by atoms with Crippen LogP contribution < -0.4 is 4.90 Å². The standard InChI is InChI=1S/C15H17N.C13H12/c1-16(2)15-10-8-14(9-11-15)12-13-6-4-3-5-7-13;1-3-7-12(8-4-1)11-13-9-5-2-6-10-13/h3-11H,12H2,1-2H3;1-10H,11H2. The molecule has 0 unspecified atom stereocenters. The Hall–Kier alpha value is -3.32. The van der Waals surface area contributed by atoms with E-state index in [0.717, 1.165) is 12.8 Å². The molecule has 4 rings (SSSR count). The van der Waals surface area contributed by atoms with Crippen LogP contribution in [0.4, 0.5) is 5.69 Å². The largest absolute Gasteiger partial charge is 0.378 e. The van der Waals surface area contributed by atoms with Gasteiger partial charge in [0.25, 0.3) is 0 Å². The van der Waals surface area contributed by atoms with E-state index >= 15 is 0 Å². The van der Waals surface area contributed by atoms with Gasteiger partial charge in [-0.05, 0) is 47.2 Å². The van der Waals surface area contributed by atoms with Gasteiger partial charge in [-0.1, -0.05) is 103 Å². The number of anilines is 1. The molecule has 1 heteroatoms. The van der Waals surface area contributed by atoms with Gasteiger partial charge >= 0.3 is 0 Å². The average molecular weight is 380 g/mol. The molecular formula is C28H29N. The van der Waals surface area contributed by atoms with E-state index in [4.69, 9.17) is 0 Å². The Bertz CT molecular complexity index is 906. The monoisotopic (exact) mass is 379 g/mol. The summed E-state index contributed by atoms with van der Waals surface area (Å²) in [6.07, 6.45) is 2.04. The van der Waals surface area contributed by atoms with E-state index < -0.39 is 0 Å². The molecule has 0 fully saturated rings. The summed E-state index contributed by atoms with van der Waals surface area (Å²) in [6.45, 7) is 0. The molecule has 0 amide bonds. The number of hydrogen-bond donors (Lipinski definition) is 0. The summed E-state index contributed by atoms with van der Waals surface area (Å²) in [5.74, 6) is 0. The molecule has 0 aliphatic carbocycles. The Morgan fingerprint density at radius 3 is 1.03 bits per heavy atom. The zero-order chi connectivity index (χ0) is 20.3. The molecule has 0 saturated heterocycles. The van der Waals surface area contributed by atoms with Crippen molar-refractivity contribution in [2.24, 2.45) is 0 Å². The van der Waals surface area contributed by atoms with Crippen LogP contribution in [0.2, 0.25) is 0 Å². The van der Waals surface area contributed by atoms with Crippen molar-refractivity contribution in [3.8, 4) is 0 Å². The van der Waals surface area contributed by atoms with E-state index in [-0.39, 0.29) is 0 Å².